The SMILES string of the molecule is Cc1ccc(C(N)=S)cc1NC(=O)c1ccc(F)cc1. The van der Waals surface area contributed by atoms with Crippen LogP contribution in [0.2, 0.25) is 0 Å². The molecule has 20 heavy (non-hydrogen) atoms. The maximum absolute atomic E-state index is 12.8. The molecule has 3 N–H and O–H groups in total. The van der Waals surface area contributed by atoms with Gasteiger partial charge in [-0.2, -0.15) is 0 Å². The second kappa shape index (κ2) is 5.79. The molecule has 0 unspecified atom stereocenters. The summed E-state index contributed by atoms with van der Waals surface area (Å²) in [6, 6.07) is 10.7. The third kappa shape index (κ3) is 3.19. The summed E-state index contributed by atoms with van der Waals surface area (Å²) in [5, 5.41) is 2.76. The highest BCUT2D eigenvalue weighted by molar-refractivity contribution is 7.80. The normalized spacial score (nSPS) is 10.1. The largest absolute Gasteiger partial charge is 0.389 e. The Labute approximate surface area is 121 Å². The highest BCUT2D eigenvalue weighted by atomic mass is 32.1. The van der Waals surface area contributed by atoms with Gasteiger partial charge in [-0.1, -0.05) is 24.4 Å². The fourth-order valence-corrected chi connectivity index (χ4v) is 1.83. The lowest BCUT2D eigenvalue weighted by molar-refractivity contribution is 0.102. The lowest BCUT2D eigenvalue weighted by Crippen LogP contribution is -2.15. The van der Waals surface area contributed by atoms with E-state index in [9.17, 15) is 9.18 Å². The van der Waals surface area contributed by atoms with Crippen LogP contribution in [-0.4, -0.2) is 10.9 Å². The standard InChI is InChI=1S/C15H13FN2OS/c1-9-2-3-11(14(17)20)8-13(9)18-15(19)10-4-6-12(16)7-5-10/h2-8H,1H3,(H2,17,20)(H,18,19). The van der Waals surface area contributed by atoms with E-state index < -0.39 is 0 Å². The van der Waals surface area contributed by atoms with Gasteiger partial charge in [-0.15, -0.1) is 0 Å². The summed E-state index contributed by atoms with van der Waals surface area (Å²) in [7, 11) is 0. The molecule has 0 aromatic heterocycles. The molecule has 0 heterocycles. The van der Waals surface area contributed by atoms with Crippen LogP contribution in [-0.2, 0) is 0 Å². The zero-order valence-electron chi connectivity index (χ0n) is 10.8. The van der Waals surface area contributed by atoms with E-state index in [4.69, 9.17) is 18.0 Å². The van der Waals surface area contributed by atoms with Gasteiger partial charge in [0, 0.05) is 16.8 Å². The number of aryl methyl sites for hydroxylation is 1. The first-order valence-electron chi connectivity index (χ1n) is 5.95. The number of halogens is 1. The number of carbonyl (C=O) groups excluding carboxylic acids is 1. The van der Waals surface area contributed by atoms with E-state index >= 15 is 0 Å². The van der Waals surface area contributed by atoms with Gasteiger partial charge in [-0.25, -0.2) is 4.39 Å². The minimum Gasteiger partial charge on any atom is -0.389 e. The summed E-state index contributed by atoms with van der Waals surface area (Å²) in [5.41, 5.74) is 8.15. The van der Waals surface area contributed by atoms with Gasteiger partial charge in [-0.05, 0) is 42.8 Å². The third-order valence-electron chi connectivity index (χ3n) is 2.88. The van der Waals surface area contributed by atoms with Gasteiger partial charge in [0.1, 0.15) is 10.8 Å². The summed E-state index contributed by atoms with van der Waals surface area (Å²) in [5.74, 6) is -0.693. The third-order valence-corrected chi connectivity index (χ3v) is 3.11. The number of nitrogens with two attached hydrogens (primary N) is 1. The fourth-order valence-electron chi connectivity index (χ4n) is 1.71. The maximum Gasteiger partial charge on any atom is 0.255 e. The van der Waals surface area contributed by atoms with Crippen molar-refractivity contribution in [3.8, 4) is 0 Å². The molecule has 2 aromatic rings. The smallest absolute Gasteiger partial charge is 0.255 e. The van der Waals surface area contributed by atoms with Gasteiger partial charge in [-0.3, -0.25) is 4.79 Å². The van der Waals surface area contributed by atoms with Crippen LogP contribution in [0.4, 0.5) is 10.1 Å². The van der Waals surface area contributed by atoms with Crippen LogP contribution >= 0.6 is 12.2 Å². The van der Waals surface area contributed by atoms with Crippen molar-refractivity contribution < 1.29 is 9.18 Å². The molecule has 0 spiro atoms. The monoisotopic (exact) mass is 288 g/mol. The molecule has 3 nitrogen and oxygen atoms in total. The average molecular weight is 288 g/mol. The predicted molar refractivity (Wildman–Crippen MR) is 81.4 cm³/mol. The summed E-state index contributed by atoms with van der Waals surface area (Å²) in [6.07, 6.45) is 0. The molecular formula is C15H13FN2OS. The Morgan fingerprint density at radius 1 is 1.15 bits per heavy atom. The predicted octanol–water partition coefficient (Wildman–Crippen LogP) is 3.02. The van der Waals surface area contributed by atoms with Crippen molar-refractivity contribution in [3.05, 3.63) is 65.0 Å². The minimum absolute atomic E-state index is 0.266. The number of anilines is 1. The van der Waals surface area contributed by atoms with Crippen LogP contribution in [0.5, 0.6) is 0 Å². The van der Waals surface area contributed by atoms with Gasteiger partial charge in [0.15, 0.2) is 0 Å². The second-order valence-electron chi connectivity index (χ2n) is 4.35. The molecule has 5 heteroatoms. The number of amides is 1. The van der Waals surface area contributed by atoms with E-state index in [2.05, 4.69) is 5.32 Å². The van der Waals surface area contributed by atoms with E-state index in [1.165, 1.54) is 24.3 Å². The van der Waals surface area contributed by atoms with Crippen LogP contribution in [0.25, 0.3) is 0 Å². The Kier molecular flexibility index (Phi) is 4.10. The molecule has 0 fully saturated rings. The molecule has 2 aromatic carbocycles. The number of thiocarbonyl (C=S) groups is 1. The van der Waals surface area contributed by atoms with Crippen molar-refractivity contribution in [2.45, 2.75) is 6.92 Å². The second-order valence-corrected chi connectivity index (χ2v) is 4.79. The Morgan fingerprint density at radius 2 is 1.75 bits per heavy atom. The molecule has 0 saturated heterocycles. The Bertz CT molecular complexity index is 668. The van der Waals surface area contributed by atoms with Gasteiger partial charge in [0.25, 0.3) is 5.91 Å². The van der Waals surface area contributed by atoms with E-state index in [1.807, 2.05) is 13.0 Å². The first-order chi connectivity index (χ1) is 9.47. The lowest BCUT2D eigenvalue weighted by Gasteiger charge is -2.10. The van der Waals surface area contributed by atoms with E-state index in [0.717, 1.165) is 5.56 Å². The molecule has 1 amide bonds. The molecule has 0 aliphatic heterocycles. The number of hydrogen-bond donors (Lipinski definition) is 2. The van der Waals surface area contributed by atoms with Crippen molar-refractivity contribution in [1.82, 2.24) is 0 Å². The van der Waals surface area contributed by atoms with E-state index in [-0.39, 0.29) is 16.7 Å². The Hall–Kier alpha value is -2.27. The molecule has 0 bridgehead atoms. The first kappa shape index (κ1) is 14.1. The Balaban J connectivity index is 2.25. The van der Waals surface area contributed by atoms with Gasteiger partial charge in [0.2, 0.25) is 0 Å². The van der Waals surface area contributed by atoms with Crippen molar-refractivity contribution in [2.24, 2.45) is 5.73 Å². The van der Waals surface area contributed by atoms with E-state index in [1.54, 1.807) is 12.1 Å². The summed E-state index contributed by atoms with van der Waals surface area (Å²) in [4.78, 5) is 12.3. The molecule has 0 aliphatic carbocycles. The zero-order chi connectivity index (χ0) is 14.7. The number of nitrogens with one attached hydrogen (secondary N) is 1. The summed E-state index contributed by atoms with van der Waals surface area (Å²) >= 11 is 4.91. The van der Waals surface area contributed by atoms with Crippen molar-refractivity contribution in [3.63, 3.8) is 0 Å². The fraction of sp³-hybridized carbons (Fsp3) is 0.0667. The molecule has 102 valence electrons. The lowest BCUT2D eigenvalue weighted by atomic mass is 10.1. The van der Waals surface area contributed by atoms with Crippen molar-refractivity contribution >= 4 is 28.8 Å². The van der Waals surface area contributed by atoms with Crippen LogP contribution in [0, 0.1) is 12.7 Å². The van der Waals surface area contributed by atoms with Crippen LogP contribution in [0.3, 0.4) is 0 Å². The van der Waals surface area contributed by atoms with Gasteiger partial charge >= 0.3 is 0 Å². The zero-order valence-corrected chi connectivity index (χ0v) is 11.6. The summed E-state index contributed by atoms with van der Waals surface area (Å²) in [6.45, 7) is 1.86. The van der Waals surface area contributed by atoms with Crippen LogP contribution in [0.15, 0.2) is 42.5 Å². The topological polar surface area (TPSA) is 55.1 Å². The number of benzene rings is 2. The molecule has 0 saturated carbocycles. The summed E-state index contributed by atoms with van der Waals surface area (Å²) < 4.78 is 12.8. The van der Waals surface area contributed by atoms with Gasteiger partial charge < -0.3 is 11.1 Å². The van der Waals surface area contributed by atoms with Crippen molar-refractivity contribution in [1.29, 1.82) is 0 Å². The Morgan fingerprint density at radius 3 is 2.35 bits per heavy atom. The number of rotatable bonds is 3. The highest BCUT2D eigenvalue weighted by Gasteiger charge is 2.09. The number of carbonyl (C=O) groups is 1. The number of hydrogen-bond acceptors (Lipinski definition) is 2. The van der Waals surface area contributed by atoms with Crippen LogP contribution < -0.4 is 11.1 Å². The molecule has 0 aliphatic rings. The van der Waals surface area contributed by atoms with Crippen LogP contribution in [0.1, 0.15) is 21.5 Å². The van der Waals surface area contributed by atoms with Crippen molar-refractivity contribution in [2.75, 3.05) is 5.32 Å². The molecular weight excluding hydrogens is 275 g/mol. The highest BCUT2D eigenvalue weighted by Crippen LogP contribution is 2.18. The molecule has 0 atom stereocenters. The molecule has 2 rings (SSSR count). The molecule has 0 radical (unpaired) electrons. The average Bonchev–Trinajstić information content (AvgIpc) is 2.41. The minimum atomic E-state index is -0.381. The van der Waals surface area contributed by atoms with Gasteiger partial charge in [0.05, 0.1) is 0 Å². The van der Waals surface area contributed by atoms with E-state index in [0.29, 0.717) is 16.8 Å². The quantitative estimate of drug-likeness (QED) is 0.854. The maximum atomic E-state index is 12.8. The first-order valence-corrected chi connectivity index (χ1v) is 6.35.